The van der Waals surface area contributed by atoms with E-state index in [1.54, 1.807) is 12.1 Å². The lowest BCUT2D eigenvalue weighted by atomic mass is 10.1. The minimum absolute atomic E-state index is 0.0725. The van der Waals surface area contributed by atoms with Crippen molar-refractivity contribution in [3.63, 3.8) is 0 Å². The molecule has 0 spiro atoms. The third-order valence-electron chi connectivity index (χ3n) is 1.74. The van der Waals surface area contributed by atoms with E-state index in [1.165, 1.54) is 0 Å². The molecule has 84 valence electrons. The van der Waals surface area contributed by atoms with Crippen molar-refractivity contribution in [2.45, 2.75) is 26.3 Å². The van der Waals surface area contributed by atoms with Crippen molar-refractivity contribution in [2.24, 2.45) is 0 Å². The lowest BCUT2D eigenvalue weighted by Gasteiger charge is -2.23. The lowest BCUT2D eigenvalue weighted by molar-refractivity contribution is 0.515. The first kappa shape index (κ1) is 12.5. The molecule has 0 bridgehead atoms. The quantitative estimate of drug-likeness (QED) is 0.732. The molecule has 0 amide bonds. The maximum absolute atomic E-state index is 8.76. The van der Waals surface area contributed by atoms with E-state index in [0.717, 1.165) is 5.69 Å². The minimum atomic E-state index is -0.0725. The van der Waals surface area contributed by atoms with Crippen LogP contribution < -0.4 is 10.6 Å². The highest BCUT2D eigenvalue weighted by molar-refractivity contribution is 7.80. The van der Waals surface area contributed by atoms with Gasteiger partial charge in [0.1, 0.15) is 0 Å². The molecule has 4 heteroatoms. The lowest BCUT2D eigenvalue weighted by Crippen LogP contribution is -2.42. The summed E-state index contributed by atoms with van der Waals surface area (Å²) < 4.78 is 0. The average Bonchev–Trinajstić information content (AvgIpc) is 2.15. The molecule has 0 fully saturated rings. The maximum Gasteiger partial charge on any atom is 0.171 e. The van der Waals surface area contributed by atoms with Crippen LogP contribution in [0, 0.1) is 11.3 Å². The van der Waals surface area contributed by atoms with Crippen LogP contribution in [0.3, 0.4) is 0 Å². The number of benzene rings is 1. The van der Waals surface area contributed by atoms with Gasteiger partial charge in [-0.2, -0.15) is 5.26 Å². The standard InChI is InChI=1S/C12H15N3S/c1-12(2,3)15-11(16)14-10-6-4-5-9(7-10)8-13/h4-7H,1-3H3,(H2,14,15,16). The highest BCUT2D eigenvalue weighted by Crippen LogP contribution is 2.10. The second-order valence-corrected chi connectivity index (χ2v) is 4.93. The molecular formula is C12H15N3S. The summed E-state index contributed by atoms with van der Waals surface area (Å²) in [4.78, 5) is 0. The number of thiocarbonyl (C=S) groups is 1. The van der Waals surface area contributed by atoms with Crippen LogP contribution in [-0.2, 0) is 0 Å². The van der Waals surface area contributed by atoms with Gasteiger partial charge in [0.25, 0.3) is 0 Å². The second kappa shape index (κ2) is 4.95. The molecule has 1 aromatic rings. The fraction of sp³-hybridized carbons (Fsp3) is 0.333. The van der Waals surface area contributed by atoms with Gasteiger partial charge in [0, 0.05) is 11.2 Å². The summed E-state index contributed by atoms with van der Waals surface area (Å²) in [7, 11) is 0. The van der Waals surface area contributed by atoms with Gasteiger partial charge in [0.05, 0.1) is 11.6 Å². The van der Waals surface area contributed by atoms with E-state index in [9.17, 15) is 0 Å². The Kier molecular flexibility index (Phi) is 3.86. The number of rotatable bonds is 1. The van der Waals surface area contributed by atoms with Gasteiger partial charge in [-0.05, 0) is 51.2 Å². The third-order valence-corrected chi connectivity index (χ3v) is 1.94. The van der Waals surface area contributed by atoms with E-state index in [1.807, 2.05) is 32.9 Å². The van der Waals surface area contributed by atoms with E-state index in [0.29, 0.717) is 10.7 Å². The summed E-state index contributed by atoms with van der Waals surface area (Å²) >= 11 is 5.16. The van der Waals surface area contributed by atoms with Gasteiger partial charge >= 0.3 is 0 Å². The van der Waals surface area contributed by atoms with Crippen LogP contribution >= 0.6 is 12.2 Å². The molecule has 0 aliphatic heterocycles. The Bertz CT molecular complexity index is 427. The van der Waals surface area contributed by atoms with Crippen molar-refractivity contribution in [1.29, 1.82) is 5.26 Å². The van der Waals surface area contributed by atoms with Gasteiger partial charge in [0.15, 0.2) is 5.11 Å². The number of nitrogens with zero attached hydrogens (tertiary/aromatic N) is 1. The van der Waals surface area contributed by atoms with Crippen molar-refractivity contribution in [3.05, 3.63) is 29.8 Å². The minimum Gasteiger partial charge on any atom is -0.358 e. The Morgan fingerprint density at radius 3 is 2.62 bits per heavy atom. The number of hydrogen-bond acceptors (Lipinski definition) is 2. The number of nitrogens with one attached hydrogen (secondary N) is 2. The normalized spacial score (nSPS) is 10.4. The predicted molar refractivity (Wildman–Crippen MR) is 70.3 cm³/mol. The molecule has 0 aromatic heterocycles. The van der Waals surface area contributed by atoms with Crippen molar-refractivity contribution in [2.75, 3.05) is 5.32 Å². The molecule has 16 heavy (non-hydrogen) atoms. The highest BCUT2D eigenvalue weighted by atomic mass is 32.1. The zero-order valence-corrected chi connectivity index (χ0v) is 10.5. The van der Waals surface area contributed by atoms with E-state index in [4.69, 9.17) is 17.5 Å². The number of anilines is 1. The molecule has 1 aromatic carbocycles. The molecule has 0 saturated heterocycles. The fourth-order valence-electron chi connectivity index (χ4n) is 1.17. The van der Waals surface area contributed by atoms with Gasteiger partial charge in [-0.1, -0.05) is 6.07 Å². The zero-order chi connectivity index (χ0) is 12.2. The van der Waals surface area contributed by atoms with E-state index < -0.39 is 0 Å². The van der Waals surface area contributed by atoms with Gasteiger partial charge in [-0.3, -0.25) is 0 Å². The van der Waals surface area contributed by atoms with E-state index >= 15 is 0 Å². The van der Waals surface area contributed by atoms with Gasteiger partial charge in [0.2, 0.25) is 0 Å². The maximum atomic E-state index is 8.76. The zero-order valence-electron chi connectivity index (χ0n) is 9.66. The molecule has 2 N–H and O–H groups in total. The van der Waals surface area contributed by atoms with E-state index in [-0.39, 0.29) is 5.54 Å². The van der Waals surface area contributed by atoms with Gasteiger partial charge in [-0.25, -0.2) is 0 Å². The summed E-state index contributed by atoms with van der Waals surface area (Å²) in [6.45, 7) is 6.10. The summed E-state index contributed by atoms with van der Waals surface area (Å²) in [5, 5.41) is 15.5. The first-order valence-corrected chi connectivity index (χ1v) is 5.41. The Morgan fingerprint density at radius 1 is 1.38 bits per heavy atom. The SMILES string of the molecule is CC(C)(C)NC(=S)Nc1cccc(C#N)c1. The smallest absolute Gasteiger partial charge is 0.171 e. The summed E-state index contributed by atoms with van der Waals surface area (Å²) in [6.07, 6.45) is 0. The summed E-state index contributed by atoms with van der Waals surface area (Å²) in [5.41, 5.74) is 1.36. The van der Waals surface area contributed by atoms with Crippen LogP contribution in [0.4, 0.5) is 5.69 Å². The first-order valence-electron chi connectivity index (χ1n) is 5.00. The molecule has 0 atom stereocenters. The van der Waals surface area contributed by atoms with Crippen molar-refractivity contribution < 1.29 is 0 Å². The Hall–Kier alpha value is -1.60. The largest absolute Gasteiger partial charge is 0.358 e. The molecular weight excluding hydrogens is 218 g/mol. The Labute approximate surface area is 101 Å². The van der Waals surface area contributed by atoms with Crippen molar-refractivity contribution in [1.82, 2.24) is 5.32 Å². The molecule has 0 unspecified atom stereocenters. The third kappa shape index (κ3) is 4.28. The van der Waals surface area contributed by atoms with Crippen LogP contribution in [-0.4, -0.2) is 10.7 Å². The average molecular weight is 233 g/mol. The number of nitriles is 1. The molecule has 0 radical (unpaired) electrons. The second-order valence-electron chi connectivity index (χ2n) is 4.52. The topological polar surface area (TPSA) is 47.8 Å². The molecule has 1 rings (SSSR count). The van der Waals surface area contributed by atoms with Crippen LogP contribution in [0.2, 0.25) is 0 Å². The molecule has 0 heterocycles. The van der Waals surface area contributed by atoms with Crippen LogP contribution in [0.15, 0.2) is 24.3 Å². The number of hydrogen-bond donors (Lipinski definition) is 2. The summed E-state index contributed by atoms with van der Waals surface area (Å²) in [5.74, 6) is 0. The van der Waals surface area contributed by atoms with Crippen LogP contribution in [0.25, 0.3) is 0 Å². The van der Waals surface area contributed by atoms with Crippen LogP contribution in [0.5, 0.6) is 0 Å². The van der Waals surface area contributed by atoms with E-state index in [2.05, 4.69) is 16.7 Å². The van der Waals surface area contributed by atoms with Crippen LogP contribution in [0.1, 0.15) is 26.3 Å². The Morgan fingerprint density at radius 2 is 2.06 bits per heavy atom. The Balaban J connectivity index is 2.67. The van der Waals surface area contributed by atoms with Gasteiger partial charge in [-0.15, -0.1) is 0 Å². The highest BCUT2D eigenvalue weighted by Gasteiger charge is 2.10. The first-order chi connectivity index (χ1) is 7.40. The van der Waals surface area contributed by atoms with Crippen molar-refractivity contribution >= 4 is 23.0 Å². The molecule has 0 aliphatic carbocycles. The van der Waals surface area contributed by atoms with Gasteiger partial charge < -0.3 is 10.6 Å². The molecule has 3 nitrogen and oxygen atoms in total. The fourth-order valence-corrected chi connectivity index (χ4v) is 1.59. The molecule has 0 aliphatic rings. The monoisotopic (exact) mass is 233 g/mol. The molecule has 0 saturated carbocycles. The van der Waals surface area contributed by atoms with Crippen molar-refractivity contribution in [3.8, 4) is 6.07 Å². The summed E-state index contributed by atoms with van der Waals surface area (Å²) in [6, 6.07) is 9.29. The predicted octanol–water partition coefficient (Wildman–Crippen LogP) is 2.64.